The molecule has 0 atom stereocenters. The Morgan fingerprint density at radius 2 is 1.81 bits per heavy atom. The van der Waals surface area contributed by atoms with Gasteiger partial charge in [0.1, 0.15) is 22.6 Å². The molecule has 27 heavy (non-hydrogen) atoms. The van der Waals surface area contributed by atoms with Crippen LogP contribution < -0.4 is 4.74 Å². The Labute approximate surface area is 153 Å². The van der Waals surface area contributed by atoms with Crippen molar-refractivity contribution in [2.75, 3.05) is 13.7 Å². The average Bonchev–Trinajstić information content (AvgIpc) is 2.93. The summed E-state index contributed by atoms with van der Waals surface area (Å²) in [6.07, 6.45) is 1.86. The first-order chi connectivity index (χ1) is 13.0. The largest absolute Gasteiger partial charge is 0.505 e. The third kappa shape index (κ3) is 2.59. The van der Waals surface area contributed by atoms with Gasteiger partial charge >= 0.3 is 0 Å². The first-order valence-electron chi connectivity index (χ1n) is 8.31. The van der Waals surface area contributed by atoms with Gasteiger partial charge in [-0.2, -0.15) is 0 Å². The lowest BCUT2D eigenvalue weighted by Crippen LogP contribution is -2.31. The van der Waals surface area contributed by atoms with E-state index < -0.39 is 11.8 Å². The molecule has 6 nitrogen and oxygen atoms in total. The van der Waals surface area contributed by atoms with Gasteiger partial charge in [-0.25, -0.2) is 4.39 Å². The average molecular weight is 366 g/mol. The first kappa shape index (κ1) is 17.0. The van der Waals surface area contributed by atoms with Gasteiger partial charge < -0.3 is 9.84 Å². The van der Waals surface area contributed by atoms with Crippen LogP contribution in [0.3, 0.4) is 0 Å². The van der Waals surface area contributed by atoms with Gasteiger partial charge in [0.15, 0.2) is 5.75 Å². The molecular formula is C20H15FN2O4. The normalized spacial score (nSPS) is 13.3. The third-order valence-corrected chi connectivity index (χ3v) is 4.65. The monoisotopic (exact) mass is 366 g/mol. The summed E-state index contributed by atoms with van der Waals surface area (Å²) in [4.78, 5) is 30.9. The lowest BCUT2D eigenvalue weighted by molar-refractivity contribution is 0.0654. The van der Waals surface area contributed by atoms with Gasteiger partial charge in [0, 0.05) is 18.1 Å². The molecule has 0 aliphatic carbocycles. The zero-order valence-corrected chi connectivity index (χ0v) is 14.4. The minimum absolute atomic E-state index is 0.0413. The number of aromatic hydroxyl groups is 1. The second-order valence-corrected chi connectivity index (χ2v) is 6.17. The zero-order valence-electron chi connectivity index (χ0n) is 14.4. The molecular weight excluding hydrogens is 351 g/mol. The maximum absolute atomic E-state index is 13.0. The molecule has 4 rings (SSSR count). The minimum Gasteiger partial charge on any atom is -0.505 e. The van der Waals surface area contributed by atoms with Gasteiger partial charge in [-0.1, -0.05) is 12.1 Å². The van der Waals surface area contributed by atoms with Crippen molar-refractivity contribution in [3.8, 4) is 11.5 Å². The van der Waals surface area contributed by atoms with E-state index in [2.05, 4.69) is 4.98 Å². The van der Waals surface area contributed by atoms with Crippen molar-refractivity contribution in [2.24, 2.45) is 0 Å². The highest BCUT2D eigenvalue weighted by molar-refractivity contribution is 6.26. The van der Waals surface area contributed by atoms with Crippen LogP contribution in [0.4, 0.5) is 4.39 Å². The second kappa shape index (κ2) is 6.35. The van der Waals surface area contributed by atoms with Crippen LogP contribution >= 0.6 is 0 Å². The molecule has 0 unspecified atom stereocenters. The number of carbonyl (C=O) groups excluding carboxylic acids is 2. The van der Waals surface area contributed by atoms with Crippen LogP contribution in [0.5, 0.6) is 11.5 Å². The topological polar surface area (TPSA) is 79.7 Å². The van der Waals surface area contributed by atoms with Gasteiger partial charge in [0.2, 0.25) is 0 Å². The summed E-state index contributed by atoms with van der Waals surface area (Å²) in [5.41, 5.74) is 0.937. The van der Waals surface area contributed by atoms with E-state index >= 15 is 0 Å². The number of imide groups is 1. The molecule has 0 bridgehead atoms. The van der Waals surface area contributed by atoms with Crippen LogP contribution in [-0.4, -0.2) is 40.5 Å². The van der Waals surface area contributed by atoms with Crippen molar-refractivity contribution in [3.63, 3.8) is 0 Å². The number of fused-ring (bicyclic) bond motifs is 2. The molecule has 7 heteroatoms. The standard InChI is InChI=1S/C20H15FN2O4/c1-27-18-13-3-2-9-22-16(13)17(24)14-15(18)20(26)23(19(14)25)10-8-11-4-6-12(21)7-5-11/h2-7,9,24H,8,10H2,1H3. The number of benzene rings is 2. The van der Waals surface area contributed by atoms with Crippen molar-refractivity contribution in [1.29, 1.82) is 0 Å². The Balaban J connectivity index is 1.74. The quantitative estimate of drug-likeness (QED) is 0.718. The molecule has 1 aromatic heterocycles. The van der Waals surface area contributed by atoms with Crippen molar-refractivity contribution < 1.29 is 23.8 Å². The van der Waals surface area contributed by atoms with E-state index in [-0.39, 0.29) is 40.5 Å². The maximum atomic E-state index is 13.0. The highest BCUT2D eigenvalue weighted by Gasteiger charge is 2.42. The Morgan fingerprint density at radius 3 is 2.52 bits per heavy atom. The van der Waals surface area contributed by atoms with Gasteiger partial charge in [-0.3, -0.25) is 19.5 Å². The van der Waals surface area contributed by atoms with E-state index in [1.54, 1.807) is 24.3 Å². The van der Waals surface area contributed by atoms with E-state index in [1.165, 1.54) is 25.4 Å². The second-order valence-electron chi connectivity index (χ2n) is 6.17. The van der Waals surface area contributed by atoms with E-state index in [1.807, 2.05) is 0 Å². The number of phenols is 1. The molecule has 1 N–H and O–H groups in total. The Kier molecular flexibility index (Phi) is 3.99. The fraction of sp³-hybridized carbons (Fsp3) is 0.150. The van der Waals surface area contributed by atoms with Crippen LogP contribution in [-0.2, 0) is 6.42 Å². The molecule has 3 aromatic rings. The number of hydrogen-bond donors (Lipinski definition) is 1. The molecule has 0 saturated carbocycles. The van der Waals surface area contributed by atoms with Gasteiger partial charge in [0.25, 0.3) is 11.8 Å². The number of methoxy groups -OCH3 is 1. The molecule has 1 aliphatic heterocycles. The first-order valence-corrected chi connectivity index (χ1v) is 8.31. The maximum Gasteiger partial charge on any atom is 0.265 e. The number of nitrogens with zero attached hydrogens (tertiary/aromatic N) is 2. The van der Waals surface area contributed by atoms with Crippen molar-refractivity contribution in [2.45, 2.75) is 6.42 Å². The smallest absolute Gasteiger partial charge is 0.265 e. The third-order valence-electron chi connectivity index (χ3n) is 4.65. The summed E-state index contributed by atoms with van der Waals surface area (Å²) in [5.74, 6) is -1.60. The van der Waals surface area contributed by atoms with Gasteiger partial charge in [0.05, 0.1) is 12.7 Å². The fourth-order valence-electron chi connectivity index (χ4n) is 3.34. The number of ether oxygens (including phenoxy) is 1. The molecule has 136 valence electrons. The Morgan fingerprint density at radius 1 is 1.11 bits per heavy atom. The Hall–Kier alpha value is -3.48. The van der Waals surface area contributed by atoms with Crippen molar-refractivity contribution >= 4 is 22.7 Å². The lowest BCUT2D eigenvalue weighted by atomic mass is 10.0. The van der Waals surface area contributed by atoms with E-state index in [4.69, 9.17) is 4.74 Å². The van der Waals surface area contributed by atoms with Crippen LogP contribution in [0.1, 0.15) is 26.3 Å². The van der Waals surface area contributed by atoms with Crippen LogP contribution in [0, 0.1) is 5.82 Å². The summed E-state index contributed by atoms with van der Waals surface area (Å²) in [6, 6.07) is 9.17. The molecule has 0 fully saturated rings. The van der Waals surface area contributed by atoms with Crippen LogP contribution in [0.25, 0.3) is 10.9 Å². The SMILES string of the molecule is COc1c2c(c(O)c3ncccc13)C(=O)N(CCc1ccc(F)cc1)C2=O. The summed E-state index contributed by atoms with van der Waals surface area (Å²) in [6.45, 7) is 0.102. The van der Waals surface area contributed by atoms with E-state index in [9.17, 15) is 19.1 Å². The van der Waals surface area contributed by atoms with E-state index in [0.29, 0.717) is 11.8 Å². The number of halogens is 1. The molecule has 2 heterocycles. The summed E-state index contributed by atoms with van der Waals surface area (Å²) < 4.78 is 18.4. The van der Waals surface area contributed by atoms with Gasteiger partial charge in [-0.15, -0.1) is 0 Å². The van der Waals surface area contributed by atoms with Crippen LogP contribution in [0.15, 0.2) is 42.6 Å². The number of phenolic OH excluding ortho intramolecular Hbond substituents is 1. The zero-order chi connectivity index (χ0) is 19.1. The molecule has 0 radical (unpaired) electrons. The van der Waals surface area contributed by atoms with Gasteiger partial charge in [-0.05, 0) is 36.2 Å². The molecule has 2 aromatic carbocycles. The number of pyridine rings is 1. The number of hydrogen-bond acceptors (Lipinski definition) is 5. The number of amides is 2. The Bertz CT molecular complexity index is 1080. The molecule has 2 amide bonds. The predicted octanol–water partition coefficient (Wildman–Crippen LogP) is 2.93. The number of rotatable bonds is 4. The molecule has 1 aliphatic rings. The highest BCUT2D eigenvalue weighted by Crippen LogP contribution is 2.43. The van der Waals surface area contributed by atoms with E-state index in [0.717, 1.165) is 10.5 Å². The number of aromatic nitrogens is 1. The minimum atomic E-state index is -0.597. The molecule has 0 saturated heterocycles. The summed E-state index contributed by atoms with van der Waals surface area (Å²) >= 11 is 0. The highest BCUT2D eigenvalue weighted by atomic mass is 19.1. The summed E-state index contributed by atoms with van der Waals surface area (Å²) in [5, 5.41) is 11.0. The summed E-state index contributed by atoms with van der Waals surface area (Å²) in [7, 11) is 1.40. The number of carbonyl (C=O) groups is 2. The molecule has 0 spiro atoms. The lowest BCUT2D eigenvalue weighted by Gasteiger charge is -2.13. The predicted molar refractivity (Wildman–Crippen MR) is 95.4 cm³/mol. The van der Waals surface area contributed by atoms with Crippen LogP contribution in [0.2, 0.25) is 0 Å². The van der Waals surface area contributed by atoms with Crippen molar-refractivity contribution in [1.82, 2.24) is 9.88 Å². The fourth-order valence-corrected chi connectivity index (χ4v) is 3.34. The van der Waals surface area contributed by atoms with Crippen molar-refractivity contribution in [3.05, 3.63) is 65.1 Å².